The second-order valence-corrected chi connectivity index (χ2v) is 5.92. The smallest absolute Gasteiger partial charge is 0.244 e. The van der Waals surface area contributed by atoms with Crippen molar-refractivity contribution in [3.63, 3.8) is 0 Å². The van der Waals surface area contributed by atoms with Crippen LogP contribution in [0.4, 0.5) is 4.39 Å². The number of carbonyl (C=O) groups is 1. The fourth-order valence-corrected chi connectivity index (χ4v) is 2.71. The topological polar surface area (TPSA) is 56.1 Å². The molecular weight excluding hydrogens is 345 g/mol. The summed E-state index contributed by atoms with van der Waals surface area (Å²) in [6.07, 6.45) is 6.44. The fraction of sp³-hybridized carbons (Fsp3) is 0.143. The van der Waals surface area contributed by atoms with Crippen molar-refractivity contribution in [3.05, 3.63) is 83.7 Å². The number of benzene rings is 2. The monoisotopic (exact) mass is 365 g/mol. The van der Waals surface area contributed by atoms with E-state index >= 15 is 0 Å². The highest BCUT2D eigenvalue weighted by Crippen LogP contribution is 2.19. The third-order valence-corrected chi connectivity index (χ3v) is 4.12. The molecule has 5 nitrogen and oxygen atoms in total. The van der Waals surface area contributed by atoms with Crippen LogP contribution in [0.25, 0.3) is 11.8 Å². The molecule has 0 radical (unpaired) electrons. The number of amides is 1. The lowest BCUT2D eigenvalue weighted by Gasteiger charge is -2.09. The standard InChI is InChI=1S/C21H20FN3O2/c1-15-23-11-12-25(15)19-9-7-16(13-18(19)22)14-24-21(26)10-8-17-5-3-4-6-20(17)27-2/h3-13H,14H2,1-2H3,(H,24,26)/b10-8+. The minimum absolute atomic E-state index is 0.231. The number of rotatable bonds is 6. The van der Waals surface area contributed by atoms with Crippen LogP contribution >= 0.6 is 0 Å². The first kappa shape index (κ1) is 18.4. The van der Waals surface area contributed by atoms with Gasteiger partial charge in [0.2, 0.25) is 5.91 Å². The van der Waals surface area contributed by atoms with Crippen molar-refractivity contribution >= 4 is 12.0 Å². The first-order valence-corrected chi connectivity index (χ1v) is 8.46. The molecule has 1 amide bonds. The molecule has 3 rings (SSSR count). The third kappa shape index (κ3) is 4.41. The van der Waals surface area contributed by atoms with Gasteiger partial charge in [-0.2, -0.15) is 0 Å². The highest BCUT2D eigenvalue weighted by atomic mass is 19.1. The number of para-hydroxylation sites is 1. The van der Waals surface area contributed by atoms with Crippen molar-refractivity contribution in [3.8, 4) is 11.4 Å². The molecule has 0 aliphatic heterocycles. The number of aryl methyl sites for hydroxylation is 1. The van der Waals surface area contributed by atoms with Crippen LogP contribution in [0.1, 0.15) is 17.0 Å². The molecule has 27 heavy (non-hydrogen) atoms. The van der Waals surface area contributed by atoms with E-state index in [1.54, 1.807) is 42.3 Å². The van der Waals surface area contributed by atoms with Crippen molar-refractivity contribution in [1.29, 1.82) is 0 Å². The van der Waals surface area contributed by atoms with Crippen LogP contribution in [0, 0.1) is 12.7 Å². The molecule has 138 valence electrons. The van der Waals surface area contributed by atoms with E-state index in [-0.39, 0.29) is 18.3 Å². The number of aromatic nitrogens is 2. The van der Waals surface area contributed by atoms with Gasteiger partial charge in [-0.3, -0.25) is 4.79 Å². The van der Waals surface area contributed by atoms with Crippen LogP contribution in [0.5, 0.6) is 5.75 Å². The van der Waals surface area contributed by atoms with E-state index in [0.29, 0.717) is 22.8 Å². The number of halogens is 1. The number of methoxy groups -OCH3 is 1. The summed E-state index contributed by atoms with van der Waals surface area (Å²) < 4.78 is 21.3. The van der Waals surface area contributed by atoms with E-state index in [2.05, 4.69) is 10.3 Å². The van der Waals surface area contributed by atoms with E-state index in [4.69, 9.17) is 4.74 Å². The Balaban J connectivity index is 1.63. The van der Waals surface area contributed by atoms with Gasteiger partial charge in [0.1, 0.15) is 17.4 Å². The largest absolute Gasteiger partial charge is 0.496 e. The summed E-state index contributed by atoms with van der Waals surface area (Å²) in [6.45, 7) is 2.04. The Hall–Kier alpha value is -3.41. The molecule has 2 aromatic carbocycles. The quantitative estimate of drug-likeness (QED) is 0.679. The Morgan fingerprint density at radius 1 is 1.30 bits per heavy atom. The molecule has 0 bridgehead atoms. The normalized spacial score (nSPS) is 10.9. The lowest BCUT2D eigenvalue weighted by molar-refractivity contribution is -0.116. The predicted molar refractivity (Wildman–Crippen MR) is 102 cm³/mol. The van der Waals surface area contributed by atoms with Gasteiger partial charge >= 0.3 is 0 Å². The van der Waals surface area contributed by atoms with Crippen LogP contribution in [0.2, 0.25) is 0 Å². The van der Waals surface area contributed by atoms with Crippen molar-refractivity contribution < 1.29 is 13.9 Å². The van der Waals surface area contributed by atoms with Crippen LogP contribution in [-0.2, 0) is 11.3 Å². The number of hydrogen-bond acceptors (Lipinski definition) is 3. The van der Waals surface area contributed by atoms with Crippen molar-refractivity contribution in [2.24, 2.45) is 0 Å². The molecule has 0 atom stereocenters. The SMILES string of the molecule is COc1ccccc1/C=C/C(=O)NCc1ccc(-n2ccnc2C)c(F)c1. The number of hydrogen-bond donors (Lipinski definition) is 1. The first-order valence-electron chi connectivity index (χ1n) is 8.46. The maximum absolute atomic E-state index is 14.4. The number of imidazole rings is 1. The van der Waals surface area contributed by atoms with Crippen LogP contribution in [-0.4, -0.2) is 22.6 Å². The van der Waals surface area contributed by atoms with Gasteiger partial charge in [0, 0.05) is 30.6 Å². The Morgan fingerprint density at radius 2 is 2.11 bits per heavy atom. The molecule has 0 unspecified atom stereocenters. The van der Waals surface area contributed by atoms with Crippen LogP contribution < -0.4 is 10.1 Å². The van der Waals surface area contributed by atoms with Crippen LogP contribution in [0.3, 0.4) is 0 Å². The van der Waals surface area contributed by atoms with E-state index in [1.807, 2.05) is 31.2 Å². The third-order valence-electron chi connectivity index (χ3n) is 4.12. The zero-order valence-corrected chi connectivity index (χ0v) is 15.1. The number of nitrogens with zero attached hydrogens (tertiary/aromatic N) is 2. The minimum atomic E-state index is -0.368. The zero-order valence-electron chi connectivity index (χ0n) is 15.1. The lowest BCUT2D eigenvalue weighted by atomic mass is 10.1. The molecule has 0 spiro atoms. The van der Waals surface area contributed by atoms with Gasteiger partial charge in [0.05, 0.1) is 12.8 Å². The van der Waals surface area contributed by atoms with Gasteiger partial charge in [-0.05, 0) is 36.8 Å². The molecule has 3 aromatic rings. The second kappa shape index (κ2) is 8.31. The molecule has 0 saturated carbocycles. The van der Waals surface area contributed by atoms with Crippen molar-refractivity contribution in [2.45, 2.75) is 13.5 Å². The van der Waals surface area contributed by atoms with E-state index in [0.717, 1.165) is 5.56 Å². The van der Waals surface area contributed by atoms with Crippen molar-refractivity contribution in [2.75, 3.05) is 7.11 Å². The van der Waals surface area contributed by atoms with Crippen LogP contribution in [0.15, 0.2) is 60.9 Å². The number of nitrogens with one attached hydrogen (secondary N) is 1. The van der Waals surface area contributed by atoms with Gasteiger partial charge < -0.3 is 14.6 Å². The second-order valence-electron chi connectivity index (χ2n) is 5.92. The molecule has 0 saturated heterocycles. The average Bonchev–Trinajstić information content (AvgIpc) is 3.10. The summed E-state index contributed by atoms with van der Waals surface area (Å²) in [5.41, 5.74) is 1.91. The molecule has 0 fully saturated rings. The summed E-state index contributed by atoms with van der Waals surface area (Å²) in [4.78, 5) is 16.1. The molecular formula is C21H20FN3O2. The summed E-state index contributed by atoms with van der Waals surface area (Å²) in [5.74, 6) is 0.758. The zero-order chi connectivity index (χ0) is 19.2. The lowest BCUT2D eigenvalue weighted by Crippen LogP contribution is -2.20. The fourth-order valence-electron chi connectivity index (χ4n) is 2.71. The summed E-state index contributed by atoms with van der Waals surface area (Å²) in [7, 11) is 1.58. The summed E-state index contributed by atoms with van der Waals surface area (Å²) in [5, 5.41) is 2.75. The molecule has 1 aromatic heterocycles. The van der Waals surface area contributed by atoms with Gasteiger partial charge in [-0.15, -0.1) is 0 Å². The molecule has 1 heterocycles. The molecule has 1 N–H and O–H groups in total. The van der Waals surface area contributed by atoms with E-state index in [9.17, 15) is 9.18 Å². The highest BCUT2D eigenvalue weighted by molar-refractivity contribution is 5.92. The first-order chi connectivity index (χ1) is 13.1. The average molecular weight is 365 g/mol. The molecule has 6 heteroatoms. The Bertz CT molecular complexity index is 979. The van der Waals surface area contributed by atoms with Gasteiger partial charge in [0.15, 0.2) is 0 Å². The summed E-state index contributed by atoms with van der Waals surface area (Å²) >= 11 is 0. The van der Waals surface area contributed by atoms with E-state index in [1.165, 1.54) is 12.1 Å². The highest BCUT2D eigenvalue weighted by Gasteiger charge is 2.08. The Morgan fingerprint density at radius 3 is 2.81 bits per heavy atom. The number of ether oxygens (including phenoxy) is 1. The maximum Gasteiger partial charge on any atom is 0.244 e. The van der Waals surface area contributed by atoms with E-state index < -0.39 is 0 Å². The summed E-state index contributed by atoms with van der Waals surface area (Å²) in [6, 6.07) is 12.3. The minimum Gasteiger partial charge on any atom is -0.496 e. The molecule has 0 aliphatic rings. The Labute approximate surface area is 157 Å². The van der Waals surface area contributed by atoms with Gasteiger partial charge in [0.25, 0.3) is 0 Å². The number of carbonyl (C=O) groups excluding carboxylic acids is 1. The maximum atomic E-state index is 14.4. The van der Waals surface area contributed by atoms with Crippen molar-refractivity contribution in [1.82, 2.24) is 14.9 Å². The van der Waals surface area contributed by atoms with Gasteiger partial charge in [-0.25, -0.2) is 9.37 Å². The predicted octanol–water partition coefficient (Wildman–Crippen LogP) is 3.66. The van der Waals surface area contributed by atoms with Gasteiger partial charge in [-0.1, -0.05) is 24.3 Å². The Kier molecular flexibility index (Phi) is 5.66. The molecule has 0 aliphatic carbocycles.